The molecule has 6 amide bonds. The number of hydrogen-bond acceptors (Lipinski definition) is 9. The summed E-state index contributed by atoms with van der Waals surface area (Å²) in [6.45, 7) is 14.4. The maximum absolute atomic E-state index is 14.1. The van der Waals surface area contributed by atoms with Gasteiger partial charge in [-0.2, -0.15) is 0 Å². The summed E-state index contributed by atoms with van der Waals surface area (Å²) < 4.78 is 11.3. The van der Waals surface area contributed by atoms with Crippen molar-refractivity contribution in [2.24, 2.45) is 17.7 Å². The minimum absolute atomic E-state index is 0.0179. The zero-order valence-corrected chi connectivity index (χ0v) is 36.0. The predicted octanol–water partition coefficient (Wildman–Crippen LogP) is 3.99. The molecule has 0 spiro atoms. The molecule has 0 heterocycles. The molecule has 0 bridgehead atoms. The summed E-state index contributed by atoms with van der Waals surface area (Å²) >= 11 is 0. The summed E-state index contributed by atoms with van der Waals surface area (Å²) in [6, 6.07) is 20.3. The number of carbonyl (C=O) groups is 6. The average Bonchev–Trinajstić information content (AvgIpc) is 3.20. The lowest BCUT2D eigenvalue weighted by Gasteiger charge is -2.28. The summed E-state index contributed by atoms with van der Waals surface area (Å²) in [5.41, 5.74) is 3.69. The number of hydrogen-bond donors (Lipinski definition) is 7. The van der Waals surface area contributed by atoms with Gasteiger partial charge >= 0.3 is 6.09 Å². The number of rotatable bonds is 21. The topological polar surface area (TPSA) is 219 Å². The van der Waals surface area contributed by atoms with Gasteiger partial charge in [-0.25, -0.2) is 10.6 Å². The van der Waals surface area contributed by atoms with Crippen molar-refractivity contribution in [3.05, 3.63) is 102 Å². The van der Waals surface area contributed by atoms with Gasteiger partial charge in [-0.3, -0.25) is 29.4 Å². The summed E-state index contributed by atoms with van der Waals surface area (Å²) in [5.74, 6) is 2.52. The number of nitrogens with two attached hydrogens (primary N) is 1. The van der Waals surface area contributed by atoms with E-state index in [1.165, 1.54) is 6.92 Å². The molecule has 0 aliphatic carbocycles. The molecule has 3 aromatic rings. The predicted molar refractivity (Wildman–Crippen MR) is 229 cm³/mol. The fourth-order valence-corrected chi connectivity index (χ4v) is 6.12. The van der Waals surface area contributed by atoms with Crippen LogP contribution in [-0.2, 0) is 48.2 Å². The normalized spacial score (nSPS) is 14.2. The molecule has 0 radical (unpaired) electrons. The van der Waals surface area contributed by atoms with Gasteiger partial charge in [-0.15, -0.1) is 0 Å². The lowest BCUT2D eigenvalue weighted by atomic mass is 9.97. The minimum atomic E-state index is -1.20. The number of carbonyl (C=O) groups excluding carboxylic acids is 6. The Hall–Kier alpha value is -5.96. The second kappa shape index (κ2) is 23.6. The maximum Gasteiger partial charge on any atom is 0.408 e. The SMILES string of the molecule is CC[C@H](C)[C@H](NC(=O)OC(C)(C)C)C(=O)N[C@@H](Cc1ccc(OCc2ccccc2)cc1)C(=O)N[C@@H](C)C(=O)N[C@@H](Cc1ccccc1)C(=O)N[C@@H](CC(C)C)C(=O)NN. The molecule has 0 aliphatic rings. The lowest BCUT2D eigenvalue weighted by molar-refractivity contribution is -0.134. The maximum atomic E-state index is 14.1. The Balaban J connectivity index is 1.85. The van der Waals surface area contributed by atoms with Crippen LogP contribution in [0.3, 0.4) is 0 Å². The highest BCUT2D eigenvalue weighted by Crippen LogP contribution is 2.17. The van der Waals surface area contributed by atoms with E-state index in [1.807, 2.05) is 57.2 Å². The number of hydrazine groups is 1. The summed E-state index contributed by atoms with van der Waals surface area (Å²) in [7, 11) is 0. The molecule has 0 saturated carbocycles. The van der Waals surface area contributed by atoms with Crippen molar-refractivity contribution in [3.8, 4) is 5.75 Å². The number of ether oxygens (including phenoxy) is 2. The molecule has 0 unspecified atom stereocenters. The Morgan fingerprint density at radius 3 is 1.62 bits per heavy atom. The molecule has 15 heteroatoms. The summed E-state index contributed by atoms with van der Waals surface area (Å²) in [4.78, 5) is 80.8. The Morgan fingerprint density at radius 1 is 0.600 bits per heavy atom. The van der Waals surface area contributed by atoms with Crippen LogP contribution in [0.2, 0.25) is 0 Å². The van der Waals surface area contributed by atoms with Crippen LogP contribution in [0.15, 0.2) is 84.9 Å². The van der Waals surface area contributed by atoms with E-state index in [0.29, 0.717) is 30.8 Å². The van der Waals surface area contributed by atoms with Gasteiger partial charge in [0.1, 0.15) is 48.2 Å². The third-order valence-electron chi connectivity index (χ3n) is 9.56. The van der Waals surface area contributed by atoms with Gasteiger partial charge in [0.25, 0.3) is 5.91 Å². The molecule has 8 N–H and O–H groups in total. The van der Waals surface area contributed by atoms with Gasteiger partial charge < -0.3 is 36.1 Å². The molecular weight excluding hydrogens is 767 g/mol. The summed E-state index contributed by atoms with van der Waals surface area (Å²) in [6.07, 6.45) is 0.148. The van der Waals surface area contributed by atoms with Gasteiger partial charge in [0.2, 0.25) is 23.6 Å². The Morgan fingerprint density at radius 2 is 1.10 bits per heavy atom. The van der Waals surface area contributed by atoms with Crippen molar-refractivity contribution in [2.45, 2.75) is 123 Å². The van der Waals surface area contributed by atoms with Crippen LogP contribution in [0.25, 0.3) is 0 Å². The van der Waals surface area contributed by atoms with Crippen LogP contribution in [0.5, 0.6) is 5.75 Å². The van der Waals surface area contributed by atoms with Crippen molar-refractivity contribution in [2.75, 3.05) is 0 Å². The van der Waals surface area contributed by atoms with Gasteiger partial charge in [-0.05, 0) is 74.8 Å². The molecule has 3 aromatic carbocycles. The molecule has 60 heavy (non-hydrogen) atoms. The standard InChI is InChI=1S/C45H63N7O8/c1-9-29(4)38(51-44(58)60-45(6,7)8)43(57)50-36(26-32-20-22-34(23-21-32)59-27-33-18-14-11-15-19-33)40(54)47-30(5)39(53)48-37(25-31-16-12-10-13-17-31)41(55)49-35(24-28(2)3)42(56)52-46/h10-23,28-30,35-38H,9,24-27,46H2,1-8H3,(H,47,54)(H,48,53)(H,49,55)(H,50,57)(H,51,58)(H,52,56)/t29-,30-,35-,36-,37-,38-/m0/s1. The van der Waals surface area contributed by atoms with E-state index in [-0.39, 0.29) is 24.7 Å². The van der Waals surface area contributed by atoms with Gasteiger partial charge in [0.05, 0.1) is 0 Å². The van der Waals surface area contributed by atoms with Crippen LogP contribution >= 0.6 is 0 Å². The van der Waals surface area contributed by atoms with Gasteiger partial charge in [0, 0.05) is 12.8 Å². The first-order valence-electron chi connectivity index (χ1n) is 20.4. The van der Waals surface area contributed by atoms with Crippen molar-refractivity contribution < 1.29 is 38.2 Å². The molecule has 0 fully saturated rings. The fraction of sp³-hybridized carbons (Fsp3) is 0.467. The van der Waals surface area contributed by atoms with E-state index in [0.717, 1.165) is 11.1 Å². The zero-order valence-electron chi connectivity index (χ0n) is 36.0. The largest absolute Gasteiger partial charge is 0.489 e. The molecule has 0 aromatic heterocycles. The number of benzene rings is 3. The Bertz CT molecular complexity index is 1850. The molecule has 0 aliphatic heterocycles. The highest BCUT2D eigenvalue weighted by atomic mass is 16.6. The molecule has 15 nitrogen and oxygen atoms in total. The van der Waals surface area contributed by atoms with E-state index < -0.39 is 71.4 Å². The highest BCUT2D eigenvalue weighted by molar-refractivity contribution is 5.96. The first-order valence-corrected chi connectivity index (χ1v) is 20.4. The molecule has 3 rings (SSSR count). The number of alkyl carbamates (subject to hydrolysis) is 1. The second-order valence-electron chi connectivity index (χ2n) is 16.4. The Kier molecular flexibility index (Phi) is 19.0. The van der Waals surface area contributed by atoms with E-state index >= 15 is 0 Å². The summed E-state index contributed by atoms with van der Waals surface area (Å²) in [5, 5.41) is 13.6. The van der Waals surface area contributed by atoms with Crippen LogP contribution in [0, 0.1) is 11.8 Å². The lowest BCUT2D eigenvalue weighted by Crippen LogP contribution is -2.60. The van der Waals surface area contributed by atoms with Crippen LogP contribution in [-0.4, -0.2) is 71.4 Å². The van der Waals surface area contributed by atoms with E-state index in [4.69, 9.17) is 15.3 Å². The molecule has 0 saturated heterocycles. The van der Waals surface area contributed by atoms with E-state index in [9.17, 15) is 28.8 Å². The second-order valence-corrected chi connectivity index (χ2v) is 16.4. The van der Waals surface area contributed by atoms with Crippen molar-refractivity contribution in [1.29, 1.82) is 0 Å². The third kappa shape index (κ3) is 16.7. The van der Waals surface area contributed by atoms with Crippen LogP contribution in [0.4, 0.5) is 4.79 Å². The van der Waals surface area contributed by atoms with Crippen LogP contribution in [0.1, 0.15) is 84.9 Å². The smallest absolute Gasteiger partial charge is 0.408 e. The van der Waals surface area contributed by atoms with Crippen LogP contribution < -0.4 is 42.6 Å². The van der Waals surface area contributed by atoms with Gasteiger partial charge in [0.15, 0.2) is 0 Å². The first kappa shape index (κ1) is 48.4. The molecule has 326 valence electrons. The van der Waals surface area contributed by atoms with Gasteiger partial charge in [-0.1, -0.05) is 107 Å². The quantitative estimate of drug-likeness (QED) is 0.0469. The van der Waals surface area contributed by atoms with E-state index in [2.05, 4.69) is 32.0 Å². The van der Waals surface area contributed by atoms with E-state index in [1.54, 1.807) is 76.2 Å². The number of amides is 6. The fourth-order valence-electron chi connectivity index (χ4n) is 6.12. The molecular formula is C45H63N7O8. The van der Waals surface area contributed by atoms with Crippen molar-refractivity contribution in [1.82, 2.24) is 32.0 Å². The van der Waals surface area contributed by atoms with Crippen molar-refractivity contribution in [3.63, 3.8) is 0 Å². The minimum Gasteiger partial charge on any atom is -0.489 e. The average molecular weight is 830 g/mol. The monoisotopic (exact) mass is 829 g/mol. The first-order chi connectivity index (χ1) is 28.4. The Labute approximate surface area is 353 Å². The zero-order chi connectivity index (χ0) is 44.4. The highest BCUT2D eigenvalue weighted by Gasteiger charge is 2.34. The third-order valence-corrected chi connectivity index (χ3v) is 9.56. The molecule has 6 atom stereocenters. The number of nitrogens with one attached hydrogen (secondary N) is 6. The van der Waals surface area contributed by atoms with Crippen molar-refractivity contribution >= 4 is 35.6 Å².